The Balaban J connectivity index is 2.56. The molecule has 0 aliphatic rings. The highest BCUT2D eigenvalue weighted by atomic mass is 35.5. The maximum atomic E-state index is 6.05. The van der Waals surface area contributed by atoms with Gasteiger partial charge in [-0.1, -0.05) is 11.6 Å². The maximum Gasteiger partial charge on any atom is 0.138 e. The van der Waals surface area contributed by atoms with Crippen LogP contribution in [0.1, 0.15) is 5.56 Å². The van der Waals surface area contributed by atoms with E-state index in [-0.39, 0.29) is 0 Å². The Bertz CT molecular complexity index is 569. The van der Waals surface area contributed by atoms with Crippen LogP contribution in [-0.2, 0) is 0 Å². The highest BCUT2D eigenvalue weighted by Gasteiger charge is 2.04. The predicted octanol–water partition coefficient (Wildman–Crippen LogP) is 2.45. The maximum absolute atomic E-state index is 6.05. The number of rotatable bonds is 3. The summed E-state index contributed by atoms with van der Waals surface area (Å²) in [5.74, 6) is 0.790. The number of pyridine rings is 1. The lowest BCUT2D eigenvalue weighted by Gasteiger charge is -2.04. The Hall–Kier alpha value is -1.81. The number of benzene rings is 1. The van der Waals surface area contributed by atoms with Crippen molar-refractivity contribution in [3.05, 3.63) is 35.0 Å². The van der Waals surface area contributed by atoms with Crippen LogP contribution in [0.25, 0.3) is 10.9 Å². The molecule has 0 aliphatic carbocycles. The van der Waals surface area contributed by atoms with E-state index < -0.39 is 0 Å². The summed E-state index contributed by atoms with van der Waals surface area (Å²) in [5.41, 5.74) is 4.27. The Kier molecular flexibility index (Phi) is 3.44. The average molecular weight is 250 g/mol. The third-order valence-corrected chi connectivity index (χ3v) is 2.64. The first kappa shape index (κ1) is 11.7. The first-order valence-corrected chi connectivity index (χ1v) is 5.46. The van der Waals surface area contributed by atoms with Crippen LogP contribution in [-0.4, -0.2) is 25.4 Å². The van der Waals surface area contributed by atoms with Gasteiger partial charge >= 0.3 is 0 Å². The van der Waals surface area contributed by atoms with E-state index in [4.69, 9.17) is 16.3 Å². The number of methoxy groups -OCH3 is 1. The van der Waals surface area contributed by atoms with E-state index >= 15 is 0 Å². The molecule has 1 aromatic heterocycles. The molecule has 0 aliphatic heterocycles. The van der Waals surface area contributed by atoms with Crippen molar-refractivity contribution < 1.29 is 4.74 Å². The zero-order valence-electron chi connectivity index (χ0n) is 9.57. The second-order valence-corrected chi connectivity index (χ2v) is 3.77. The molecule has 0 unspecified atom stereocenters. The summed E-state index contributed by atoms with van der Waals surface area (Å²) < 4.78 is 5.17. The molecule has 17 heavy (non-hydrogen) atoms. The van der Waals surface area contributed by atoms with E-state index in [1.54, 1.807) is 20.4 Å². The molecule has 0 bridgehead atoms. The number of ether oxygens (including phenoxy) is 1. The minimum Gasteiger partial charge on any atom is -0.497 e. The highest BCUT2D eigenvalue weighted by Crippen LogP contribution is 2.23. The first-order chi connectivity index (χ1) is 8.24. The van der Waals surface area contributed by atoms with Gasteiger partial charge in [-0.25, -0.2) is 4.98 Å². The van der Waals surface area contributed by atoms with Crippen LogP contribution in [0.3, 0.4) is 0 Å². The smallest absolute Gasteiger partial charge is 0.138 e. The molecule has 0 spiro atoms. The summed E-state index contributed by atoms with van der Waals surface area (Å²) >= 11 is 6.05. The van der Waals surface area contributed by atoms with Crippen molar-refractivity contribution in [1.82, 2.24) is 10.4 Å². The first-order valence-electron chi connectivity index (χ1n) is 5.08. The van der Waals surface area contributed by atoms with Gasteiger partial charge in [0.1, 0.15) is 10.9 Å². The fourth-order valence-corrected chi connectivity index (χ4v) is 1.69. The van der Waals surface area contributed by atoms with E-state index in [1.165, 1.54) is 0 Å². The summed E-state index contributed by atoms with van der Waals surface area (Å²) in [6.45, 7) is 0. The molecule has 1 N–H and O–H groups in total. The number of halogens is 1. The van der Waals surface area contributed by atoms with Crippen molar-refractivity contribution in [1.29, 1.82) is 0 Å². The lowest BCUT2D eigenvalue weighted by molar-refractivity contribution is 0.415. The minimum atomic E-state index is 0.432. The summed E-state index contributed by atoms with van der Waals surface area (Å²) in [6, 6.07) is 7.56. The minimum absolute atomic E-state index is 0.432. The quantitative estimate of drug-likeness (QED) is 0.516. The van der Waals surface area contributed by atoms with Gasteiger partial charge in [0.05, 0.1) is 18.8 Å². The normalized spacial score (nSPS) is 11.0. The van der Waals surface area contributed by atoms with Gasteiger partial charge in [0.25, 0.3) is 0 Å². The molecule has 2 aromatic rings. The summed E-state index contributed by atoms with van der Waals surface area (Å²) in [4.78, 5) is 4.29. The molecular weight excluding hydrogens is 238 g/mol. The molecule has 88 valence electrons. The van der Waals surface area contributed by atoms with Crippen LogP contribution in [0, 0.1) is 0 Å². The topological polar surface area (TPSA) is 46.5 Å². The second-order valence-electron chi connectivity index (χ2n) is 3.41. The number of hydrogen-bond donors (Lipinski definition) is 1. The monoisotopic (exact) mass is 249 g/mol. The van der Waals surface area contributed by atoms with Crippen molar-refractivity contribution in [3.63, 3.8) is 0 Å². The number of aromatic nitrogens is 1. The standard InChI is InChI=1S/C12H12ClN3O/c1-14-15-7-9-5-8-6-10(17-2)3-4-11(8)16-12(9)13/h3-7,14H,1-2H3/b15-7-. The Morgan fingerprint density at radius 1 is 1.41 bits per heavy atom. The number of nitrogens with one attached hydrogen (secondary N) is 1. The summed E-state index contributed by atoms with van der Waals surface area (Å²) in [6.07, 6.45) is 1.63. The molecule has 0 saturated heterocycles. The molecule has 0 saturated carbocycles. The van der Waals surface area contributed by atoms with Gasteiger partial charge in [0, 0.05) is 18.0 Å². The zero-order chi connectivity index (χ0) is 12.3. The Morgan fingerprint density at radius 2 is 2.24 bits per heavy atom. The van der Waals surface area contributed by atoms with Gasteiger partial charge in [0.2, 0.25) is 0 Å². The Morgan fingerprint density at radius 3 is 2.94 bits per heavy atom. The van der Waals surface area contributed by atoms with Crippen molar-refractivity contribution in [2.45, 2.75) is 0 Å². The molecule has 0 amide bonds. The highest BCUT2D eigenvalue weighted by molar-refractivity contribution is 6.32. The van der Waals surface area contributed by atoms with E-state index in [9.17, 15) is 0 Å². The number of hydrogen-bond acceptors (Lipinski definition) is 4. The molecule has 0 atom stereocenters. The van der Waals surface area contributed by atoms with Crippen molar-refractivity contribution in [2.24, 2.45) is 5.10 Å². The Labute approximate surface area is 104 Å². The van der Waals surface area contributed by atoms with Gasteiger partial charge < -0.3 is 10.2 Å². The van der Waals surface area contributed by atoms with Crippen molar-refractivity contribution in [2.75, 3.05) is 14.2 Å². The largest absolute Gasteiger partial charge is 0.497 e. The fourth-order valence-electron chi connectivity index (χ4n) is 1.50. The zero-order valence-corrected chi connectivity index (χ0v) is 10.3. The molecule has 1 heterocycles. The van der Waals surface area contributed by atoms with Crippen LogP contribution in [0.4, 0.5) is 0 Å². The summed E-state index contributed by atoms with van der Waals surface area (Å²) in [7, 11) is 3.36. The SMILES string of the molecule is CN/N=C\c1cc2cc(OC)ccc2nc1Cl. The predicted molar refractivity (Wildman–Crippen MR) is 70.0 cm³/mol. The van der Waals surface area contributed by atoms with Crippen LogP contribution in [0.5, 0.6) is 5.75 Å². The number of fused-ring (bicyclic) bond motifs is 1. The van der Waals surface area contributed by atoms with Gasteiger partial charge in [-0.15, -0.1) is 0 Å². The van der Waals surface area contributed by atoms with Crippen LogP contribution in [0.2, 0.25) is 5.15 Å². The van der Waals surface area contributed by atoms with Crippen molar-refractivity contribution in [3.8, 4) is 5.75 Å². The van der Waals surface area contributed by atoms with Gasteiger partial charge in [-0.3, -0.25) is 0 Å². The fraction of sp³-hybridized carbons (Fsp3) is 0.167. The molecule has 1 aromatic carbocycles. The van der Waals surface area contributed by atoms with Gasteiger partial charge in [0.15, 0.2) is 0 Å². The van der Waals surface area contributed by atoms with E-state index in [1.807, 2.05) is 24.3 Å². The van der Waals surface area contributed by atoms with Crippen LogP contribution in [0.15, 0.2) is 29.4 Å². The van der Waals surface area contributed by atoms with Gasteiger partial charge in [-0.05, 0) is 24.3 Å². The molecule has 2 rings (SSSR count). The van der Waals surface area contributed by atoms with Crippen LogP contribution >= 0.6 is 11.6 Å². The van der Waals surface area contributed by atoms with Gasteiger partial charge in [-0.2, -0.15) is 5.10 Å². The molecular formula is C12H12ClN3O. The van der Waals surface area contributed by atoms with E-state index in [0.29, 0.717) is 5.15 Å². The van der Waals surface area contributed by atoms with Crippen molar-refractivity contribution >= 4 is 28.7 Å². The van der Waals surface area contributed by atoms with E-state index in [2.05, 4.69) is 15.5 Å². The average Bonchev–Trinajstić information content (AvgIpc) is 2.35. The molecule has 4 nitrogen and oxygen atoms in total. The number of hydrazone groups is 1. The van der Waals surface area contributed by atoms with E-state index in [0.717, 1.165) is 22.2 Å². The van der Waals surface area contributed by atoms with Crippen LogP contribution < -0.4 is 10.2 Å². The molecule has 5 heteroatoms. The third-order valence-electron chi connectivity index (χ3n) is 2.34. The molecule has 0 radical (unpaired) electrons. The number of nitrogens with zero attached hydrogens (tertiary/aromatic N) is 2. The lowest BCUT2D eigenvalue weighted by atomic mass is 10.1. The molecule has 0 fully saturated rings. The lowest BCUT2D eigenvalue weighted by Crippen LogP contribution is -1.96. The summed E-state index contributed by atoms with van der Waals surface area (Å²) in [5, 5.41) is 5.32. The third kappa shape index (κ3) is 2.47. The second kappa shape index (κ2) is 5.01.